The smallest absolute Gasteiger partial charge is 0.392 e. The number of hydrogen-bond donors (Lipinski definition) is 0. The van der Waals surface area contributed by atoms with Crippen molar-refractivity contribution in [1.82, 2.24) is 0 Å². The molecule has 14 heavy (non-hydrogen) atoms. The summed E-state index contributed by atoms with van der Waals surface area (Å²) in [6.45, 7) is -1.55. The zero-order valence-corrected chi connectivity index (χ0v) is 10.2. The summed E-state index contributed by atoms with van der Waals surface area (Å²) in [5.74, 6) is -0.506. The van der Waals surface area contributed by atoms with Gasteiger partial charge in [-0.15, -0.1) is 0 Å². The Morgan fingerprint density at radius 2 is 1.79 bits per heavy atom. The van der Waals surface area contributed by atoms with Gasteiger partial charge in [-0.2, -0.15) is 0 Å². The van der Waals surface area contributed by atoms with Crippen LogP contribution in [0.3, 0.4) is 0 Å². The van der Waals surface area contributed by atoms with Crippen molar-refractivity contribution in [3.05, 3.63) is 11.0 Å². The molecule has 0 saturated heterocycles. The van der Waals surface area contributed by atoms with E-state index in [0.29, 0.717) is 4.91 Å². The summed E-state index contributed by atoms with van der Waals surface area (Å²) in [6, 6.07) is 0. The predicted octanol–water partition coefficient (Wildman–Crippen LogP) is 2.20. The molecule has 0 spiro atoms. The molecule has 5 nitrogen and oxygen atoms in total. The topological polar surface area (TPSA) is 61.8 Å². The molecule has 0 aromatic rings. The number of allylic oxidation sites excluding steroid dienone is 1. The summed E-state index contributed by atoms with van der Waals surface area (Å²) < 4.78 is 25.3. The zero-order valence-electron chi connectivity index (χ0n) is 8.47. The second kappa shape index (κ2) is 6.24. The van der Waals surface area contributed by atoms with E-state index in [-0.39, 0.29) is 0 Å². The van der Waals surface area contributed by atoms with Crippen LogP contribution in [-0.4, -0.2) is 27.3 Å². The Labute approximate surface area is 87.1 Å². The van der Waals surface area contributed by atoms with Crippen molar-refractivity contribution < 1.29 is 23.1 Å². The number of hydrogen-bond acceptors (Lipinski definition) is 6. The molecule has 0 saturated carbocycles. The summed E-state index contributed by atoms with van der Waals surface area (Å²) >= 11 is 0.862. The van der Waals surface area contributed by atoms with E-state index in [0.717, 1.165) is 11.4 Å². The summed E-state index contributed by atoms with van der Waals surface area (Å²) in [6.07, 6.45) is 1.22. The van der Waals surface area contributed by atoms with Crippen LogP contribution in [0.15, 0.2) is 11.0 Å². The highest BCUT2D eigenvalue weighted by atomic mass is 32.7. The quantitative estimate of drug-likeness (QED) is 0.417. The van der Waals surface area contributed by atoms with Gasteiger partial charge in [-0.25, -0.2) is 9.36 Å². The van der Waals surface area contributed by atoms with Crippen LogP contribution >= 0.6 is 18.2 Å². The first kappa shape index (κ1) is 13.7. The van der Waals surface area contributed by atoms with Crippen molar-refractivity contribution >= 4 is 24.1 Å². The molecule has 0 unspecified atom stereocenters. The van der Waals surface area contributed by atoms with E-state index >= 15 is 0 Å². The van der Waals surface area contributed by atoms with Crippen molar-refractivity contribution in [1.29, 1.82) is 0 Å². The molecular weight excluding hydrogens is 227 g/mol. The van der Waals surface area contributed by atoms with Crippen LogP contribution in [0.2, 0.25) is 0 Å². The molecule has 0 aliphatic carbocycles. The number of carbonyl (C=O) groups excluding carboxylic acids is 1. The molecule has 0 rings (SSSR count). The van der Waals surface area contributed by atoms with Gasteiger partial charge in [0.1, 0.15) is 0 Å². The summed E-state index contributed by atoms with van der Waals surface area (Å²) in [7, 11) is 3.83. The normalized spacial score (nSPS) is 12.7. The number of carbonyl (C=O) groups is 1. The van der Waals surface area contributed by atoms with Gasteiger partial charge in [-0.1, -0.05) is 0 Å². The lowest BCUT2D eigenvalue weighted by atomic mass is 10.5. The number of ether oxygens (including phenoxy) is 1. The lowest BCUT2D eigenvalue weighted by Gasteiger charge is -2.11. The van der Waals surface area contributed by atoms with Gasteiger partial charge in [0.25, 0.3) is 0 Å². The summed E-state index contributed by atoms with van der Waals surface area (Å²) in [5, 5.41) is 0. The van der Waals surface area contributed by atoms with E-state index in [1.165, 1.54) is 27.4 Å². The van der Waals surface area contributed by atoms with Crippen LogP contribution in [0.25, 0.3) is 0 Å². The molecule has 0 atom stereocenters. The second-order valence-corrected chi connectivity index (χ2v) is 6.52. The Bertz CT molecular complexity index is 267. The molecular formula is C7H13O5PS. The monoisotopic (exact) mass is 240 g/mol. The lowest BCUT2D eigenvalue weighted by Crippen LogP contribution is -1.95. The first-order valence-corrected chi connectivity index (χ1v) is 6.61. The van der Waals surface area contributed by atoms with E-state index < -0.39 is 12.8 Å². The Morgan fingerprint density at radius 3 is 2.14 bits per heavy atom. The van der Waals surface area contributed by atoms with Crippen molar-refractivity contribution in [2.75, 3.05) is 21.3 Å². The maximum atomic E-state index is 11.6. The van der Waals surface area contributed by atoms with Gasteiger partial charge in [-0.3, -0.25) is 0 Å². The van der Waals surface area contributed by atoms with Crippen LogP contribution in [0.5, 0.6) is 0 Å². The van der Waals surface area contributed by atoms with Gasteiger partial charge < -0.3 is 13.8 Å². The van der Waals surface area contributed by atoms with Crippen LogP contribution in [0, 0.1) is 0 Å². The SMILES string of the molecule is COC(=O)C=C(C)SP(=O)(OC)OC. The minimum Gasteiger partial charge on any atom is -0.466 e. The molecule has 0 bridgehead atoms. The van der Waals surface area contributed by atoms with Crippen LogP contribution < -0.4 is 0 Å². The molecule has 0 radical (unpaired) electrons. The Balaban J connectivity index is 4.44. The third kappa shape index (κ3) is 4.81. The fourth-order valence-corrected chi connectivity index (χ4v) is 3.04. The predicted molar refractivity (Wildman–Crippen MR) is 55.0 cm³/mol. The van der Waals surface area contributed by atoms with Gasteiger partial charge in [-0.05, 0) is 18.3 Å². The molecule has 0 aromatic carbocycles. The van der Waals surface area contributed by atoms with Gasteiger partial charge in [0.15, 0.2) is 0 Å². The number of methoxy groups -OCH3 is 1. The molecule has 0 fully saturated rings. The van der Waals surface area contributed by atoms with Gasteiger partial charge in [0, 0.05) is 25.2 Å². The van der Waals surface area contributed by atoms with Gasteiger partial charge in [0.2, 0.25) is 0 Å². The van der Waals surface area contributed by atoms with Crippen molar-refractivity contribution in [3.8, 4) is 0 Å². The minimum absolute atomic E-state index is 0.504. The Hall–Kier alpha value is -0.290. The summed E-state index contributed by atoms with van der Waals surface area (Å²) in [5.41, 5.74) is 0. The average molecular weight is 240 g/mol. The maximum Gasteiger partial charge on any atom is 0.392 e. The maximum absolute atomic E-state index is 11.6. The zero-order chi connectivity index (χ0) is 11.2. The van der Waals surface area contributed by atoms with Gasteiger partial charge >= 0.3 is 12.8 Å². The largest absolute Gasteiger partial charge is 0.466 e. The van der Waals surface area contributed by atoms with Gasteiger partial charge in [0.05, 0.1) is 7.11 Å². The third-order valence-corrected chi connectivity index (χ3v) is 5.18. The van der Waals surface area contributed by atoms with Crippen LogP contribution in [-0.2, 0) is 23.1 Å². The molecule has 0 heterocycles. The number of rotatable bonds is 5. The Kier molecular flexibility index (Phi) is 6.11. The second-order valence-electron chi connectivity index (χ2n) is 2.18. The van der Waals surface area contributed by atoms with Crippen molar-refractivity contribution in [2.24, 2.45) is 0 Å². The van der Waals surface area contributed by atoms with E-state index in [2.05, 4.69) is 13.8 Å². The van der Waals surface area contributed by atoms with Crippen LogP contribution in [0.1, 0.15) is 6.92 Å². The minimum atomic E-state index is -3.16. The molecule has 82 valence electrons. The van der Waals surface area contributed by atoms with Crippen molar-refractivity contribution in [3.63, 3.8) is 0 Å². The third-order valence-electron chi connectivity index (χ3n) is 1.23. The highest BCUT2D eigenvalue weighted by Crippen LogP contribution is 2.62. The first-order chi connectivity index (χ1) is 6.47. The molecule has 0 amide bonds. The Morgan fingerprint density at radius 1 is 1.29 bits per heavy atom. The number of esters is 1. The summed E-state index contributed by atoms with van der Waals surface area (Å²) in [4.78, 5) is 11.3. The highest BCUT2D eigenvalue weighted by Gasteiger charge is 2.23. The highest BCUT2D eigenvalue weighted by molar-refractivity contribution is 8.57. The fourth-order valence-electron chi connectivity index (χ4n) is 0.577. The molecule has 7 heteroatoms. The molecule has 0 aromatic heterocycles. The molecule has 0 N–H and O–H groups in total. The molecule has 0 aliphatic rings. The fraction of sp³-hybridized carbons (Fsp3) is 0.571. The lowest BCUT2D eigenvalue weighted by molar-refractivity contribution is -0.134. The van der Waals surface area contributed by atoms with E-state index in [1.807, 2.05) is 0 Å². The van der Waals surface area contributed by atoms with E-state index in [9.17, 15) is 9.36 Å². The average Bonchev–Trinajstić information content (AvgIpc) is 2.17. The van der Waals surface area contributed by atoms with Crippen molar-refractivity contribution in [2.45, 2.75) is 6.92 Å². The first-order valence-electron chi connectivity index (χ1n) is 3.64. The standard InChI is InChI=1S/C7H13O5PS/c1-6(5-7(8)10-2)14-13(9,11-3)12-4/h5H,1-4H3. The van der Waals surface area contributed by atoms with E-state index in [4.69, 9.17) is 0 Å². The van der Waals surface area contributed by atoms with Crippen LogP contribution in [0.4, 0.5) is 0 Å². The molecule has 0 aliphatic heterocycles. The van der Waals surface area contributed by atoms with E-state index in [1.54, 1.807) is 6.92 Å².